The highest BCUT2D eigenvalue weighted by Gasteiger charge is 2.35. The molecule has 0 spiro atoms. The zero-order chi connectivity index (χ0) is 20.2. The van der Waals surface area contributed by atoms with E-state index in [-0.39, 0.29) is 0 Å². The van der Waals surface area contributed by atoms with E-state index in [2.05, 4.69) is 94.7 Å². The number of rotatable bonds is 6. The molecule has 0 N–H and O–H groups in total. The van der Waals surface area contributed by atoms with Gasteiger partial charge in [0.1, 0.15) is 0 Å². The first-order valence-corrected chi connectivity index (χ1v) is 11.6. The van der Waals surface area contributed by atoms with Gasteiger partial charge in [0, 0.05) is 30.9 Å². The Morgan fingerprint density at radius 1 is 0.667 bits per heavy atom. The second kappa shape index (κ2) is 9.06. The number of hydrogen-bond acceptors (Lipinski definition) is 2. The SMILES string of the molecule is c1ccc(CN(Cc2ccccc2)c2ccc(C3CCC4CCCCN43)cc2)cc1. The van der Waals surface area contributed by atoms with Crippen molar-refractivity contribution in [3.8, 4) is 0 Å². The van der Waals surface area contributed by atoms with E-state index in [1.165, 1.54) is 61.0 Å². The van der Waals surface area contributed by atoms with Crippen LogP contribution in [0.3, 0.4) is 0 Å². The molecule has 0 aromatic heterocycles. The highest BCUT2D eigenvalue weighted by Crippen LogP contribution is 2.40. The Morgan fingerprint density at radius 2 is 1.30 bits per heavy atom. The van der Waals surface area contributed by atoms with Gasteiger partial charge in [-0.05, 0) is 61.1 Å². The van der Waals surface area contributed by atoms with Gasteiger partial charge in [-0.25, -0.2) is 0 Å². The first-order chi connectivity index (χ1) is 14.9. The van der Waals surface area contributed by atoms with Crippen molar-refractivity contribution in [2.45, 2.75) is 57.3 Å². The topological polar surface area (TPSA) is 6.48 Å². The Labute approximate surface area is 181 Å². The molecule has 0 amide bonds. The second-order valence-electron chi connectivity index (χ2n) is 8.90. The summed E-state index contributed by atoms with van der Waals surface area (Å²) >= 11 is 0. The minimum absolute atomic E-state index is 0.626. The van der Waals surface area contributed by atoms with Crippen LogP contribution in [0, 0.1) is 0 Å². The van der Waals surface area contributed by atoms with Gasteiger partial charge in [-0.2, -0.15) is 0 Å². The number of nitrogens with zero attached hydrogens (tertiary/aromatic N) is 2. The van der Waals surface area contributed by atoms with E-state index < -0.39 is 0 Å². The van der Waals surface area contributed by atoms with Crippen LogP contribution in [0.4, 0.5) is 5.69 Å². The minimum Gasteiger partial charge on any atom is -0.363 e. The summed E-state index contributed by atoms with van der Waals surface area (Å²) in [5.74, 6) is 0. The summed E-state index contributed by atoms with van der Waals surface area (Å²) in [7, 11) is 0. The molecule has 0 radical (unpaired) electrons. The fourth-order valence-electron chi connectivity index (χ4n) is 5.37. The minimum atomic E-state index is 0.626. The molecule has 0 bridgehead atoms. The van der Waals surface area contributed by atoms with Gasteiger partial charge in [0.15, 0.2) is 0 Å². The summed E-state index contributed by atoms with van der Waals surface area (Å²) in [6.07, 6.45) is 6.88. The number of anilines is 1. The highest BCUT2D eigenvalue weighted by molar-refractivity contribution is 5.49. The first kappa shape index (κ1) is 19.4. The quantitative estimate of drug-likeness (QED) is 0.464. The van der Waals surface area contributed by atoms with Crippen molar-refractivity contribution in [3.05, 3.63) is 102 Å². The van der Waals surface area contributed by atoms with Crippen LogP contribution in [0.2, 0.25) is 0 Å². The summed E-state index contributed by atoms with van der Waals surface area (Å²) in [5, 5.41) is 0. The van der Waals surface area contributed by atoms with Crippen LogP contribution >= 0.6 is 0 Å². The number of piperidine rings is 1. The average Bonchev–Trinajstić information content (AvgIpc) is 3.24. The zero-order valence-electron chi connectivity index (χ0n) is 17.8. The predicted octanol–water partition coefficient (Wildman–Crippen LogP) is 6.58. The fraction of sp³-hybridized carbons (Fsp3) is 0.357. The Balaban J connectivity index is 1.37. The lowest BCUT2D eigenvalue weighted by atomic mass is 10.0. The van der Waals surface area contributed by atoms with Crippen LogP contribution in [-0.4, -0.2) is 17.5 Å². The van der Waals surface area contributed by atoms with Gasteiger partial charge in [0.25, 0.3) is 0 Å². The number of fused-ring (bicyclic) bond motifs is 1. The van der Waals surface area contributed by atoms with E-state index in [0.717, 1.165) is 19.1 Å². The van der Waals surface area contributed by atoms with Crippen LogP contribution < -0.4 is 4.90 Å². The van der Waals surface area contributed by atoms with E-state index in [4.69, 9.17) is 0 Å². The normalized spacial score (nSPS) is 21.3. The Kier molecular flexibility index (Phi) is 5.85. The third-order valence-electron chi connectivity index (χ3n) is 6.92. The van der Waals surface area contributed by atoms with Crippen molar-refractivity contribution in [3.63, 3.8) is 0 Å². The maximum Gasteiger partial charge on any atom is 0.0433 e. The van der Waals surface area contributed by atoms with E-state index >= 15 is 0 Å². The summed E-state index contributed by atoms with van der Waals surface area (Å²) in [5.41, 5.74) is 5.51. The molecular formula is C28H32N2. The van der Waals surface area contributed by atoms with Gasteiger partial charge >= 0.3 is 0 Å². The van der Waals surface area contributed by atoms with Crippen LogP contribution in [0.5, 0.6) is 0 Å². The molecule has 2 atom stereocenters. The van der Waals surface area contributed by atoms with Crippen LogP contribution in [0.25, 0.3) is 0 Å². The monoisotopic (exact) mass is 396 g/mol. The third-order valence-corrected chi connectivity index (χ3v) is 6.92. The lowest BCUT2D eigenvalue weighted by molar-refractivity contribution is 0.150. The van der Waals surface area contributed by atoms with Crippen LogP contribution in [-0.2, 0) is 13.1 Å². The molecular weight excluding hydrogens is 364 g/mol. The highest BCUT2D eigenvalue weighted by atomic mass is 15.2. The third kappa shape index (κ3) is 4.29. The van der Waals surface area contributed by atoms with E-state index in [0.29, 0.717) is 6.04 Å². The van der Waals surface area contributed by atoms with Crippen molar-refractivity contribution in [1.82, 2.24) is 4.90 Å². The molecule has 0 aliphatic carbocycles. The molecule has 3 aromatic carbocycles. The standard InChI is InChI=1S/C28H32N2/c1-3-9-23(10-4-1)21-29(22-24-11-5-2-6-12-24)26-16-14-25(15-17-26)28-19-18-27-13-7-8-20-30(27)28/h1-6,9-12,14-17,27-28H,7-8,13,18-22H2. The maximum absolute atomic E-state index is 2.78. The van der Waals surface area contributed by atoms with Crippen molar-refractivity contribution >= 4 is 5.69 Å². The average molecular weight is 397 g/mol. The fourth-order valence-corrected chi connectivity index (χ4v) is 5.37. The molecule has 2 nitrogen and oxygen atoms in total. The lowest BCUT2D eigenvalue weighted by Gasteiger charge is -2.34. The molecule has 2 saturated heterocycles. The van der Waals surface area contributed by atoms with E-state index in [1.54, 1.807) is 0 Å². The Bertz CT molecular complexity index is 878. The summed E-state index contributed by atoms with van der Waals surface area (Å²) < 4.78 is 0. The molecule has 2 heterocycles. The van der Waals surface area contributed by atoms with Crippen molar-refractivity contribution in [1.29, 1.82) is 0 Å². The molecule has 2 heteroatoms. The Morgan fingerprint density at radius 3 is 1.93 bits per heavy atom. The van der Waals surface area contributed by atoms with Crippen molar-refractivity contribution < 1.29 is 0 Å². The molecule has 5 rings (SSSR count). The number of benzene rings is 3. The largest absolute Gasteiger partial charge is 0.363 e. The van der Waals surface area contributed by atoms with Gasteiger partial charge in [-0.15, -0.1) is 0 Å². The van der Waals surface area contributed by atoms with Gasteiger partial charge in [-0.3, -0.25) is 4.90 Å². The molecule has 30 heavy (non-hydrogen) atoms. The lowest BCUT2D eigenvalue weighted by Crippen LogP contribution is -2.35. The number of hydrogen-bond donors (Lipinski definition) is 0. The van der Waals surface area contributed by atoms with Crippen molar-refractivity contribution in [2.24, 2.45) is 0 Å². The zero-order valence-corrected chi connectivity index (χ0v) is 17.8. The van der Waals surface area contributed by atoms with Crippen molar-refractivity contribution in [2.75, 3.05) is 11.4 Å². The summed E-state index contributed by atoms with van der Waals surface area (Å²) in [6.45, 7) is 3.13. The molecule has 0 saturated carbocycles. The molecule has 2 unspecified atom stereocenters. The smallest absolute Gasteiger partial charge is 0.0433 e. The molecule has 3 aromatic rings. The molecule has 2 fully saturated rings. The predicted molar refractivity (Wildman–Crippen MR) is 126 cm³/mol. The summed E-state index contributed by atoms with van der Waals surface area (Å²) in [4.78, 5) is 5.27. The van der Waals surface area contributed by atoms with Crippen LogP contribution in [0.15, 0.2) is 84.9 Å². The molecule has 2 aliphatic rings. The molecule has 2 aliphatic heterocycles. The Hall–Kier alpha value is -2.58. The van der Waals surface area contributed by atoms with Gasteiger partial charge in [0.2, 0.25) is 0 Å². The summed E-state index contributed by atoms with van der Waals surface area (Å²) in [6, 6.07) is 32.5. The second-order valence-corrected chi connectivity index (χ2v) is 8.90. The van der Waals surface area contributed by atoms with Gasteiger partial charge < -0.3 is 4.90 Å². The van der Waals surface area contributed by atoms with E-state index in [1.807, 2.05) is 0 Å². The van der Waals surface area contributed by atoms with Crippen LogP contribution in [0.1, 0.15) is 54.8 Å². The van der Waals surface area contributed by atoms with Gasteiger partial charge in [0.05, 0.1) is 0 Å². The van der Waals surface area contributed by atoms with Gasteiger partial charge in [-0.1, -0.05) is 79.2 Å². The molecule has 154 valence electrons. The maximum atomic E-state index is 2.78. The first-order valence-electron chi connectivity index (χ1n) is 11.6. The van der Waals surface area contributed by atoms with E-state index in [9.17, 15) is 0 Å².